The molecule has 1 aromatic heterocycles. The smallest absolute Gasteiger partial charge is 0.312 e. The summed E-state index contributed by atoms with van der Waals surface area (Å²) in [7, 11) is 4.00. The molecule has 1 saturated heterocycles. The third-order valence-electron chi connectivity index (χ3n) is 5.28. The molecule has 1 fully saturated rings. The van der Waals surface area contributed by atoms with Crippen molar-refractivity contribution in [2.75, 3.05) is 20.6 Å². The van der Waals surface area contributed by atoms with E-state index in [2.05, 4.69) is 10.3 Å². The van der Waals surface area contributed by atoms with Crippen LogP contribution in [0, 0.1) is 5.82 Å². The van der Waals surface area contributed by atoms with Crippen molar-refractivity contribution in [3.63, 3.8) is 0 Å². The molecule has 0 spiro atoms. The number of aromatic hydroxyl groups is 1. The third kappa shape index (κ3) is 4.83. The van der Waals surface area contributed by atoms with Crippen molar-refractivity contribution in [1.29, 1.82) is 0 Å². The number of likely N-dealkylation sites (N-methyl/N-ethyl adjacent to an activating group) is 1. The molecule has 3 rings (SSSR count). The first-order chi connectivity index (χ1) is 15.5. The molecule has 0 radical (unpaired) electrons. The van der Waals surface area contributed by atoms with E-state index in [0.717, 1.165) is 14.4 Å². The standard InChI is InChI=1S/C21H23F2N5O5/c1-26(2)20(32)21(33)28-10-13(23)8-14(28)17-25-15(16(29)19(31)27(17)3)18(30)24-9-11-4-6-12(22)7-5-11/h4-7,13-14,29H,8-10H2,1-3H3,(H,24,30)/t13-,14-/m0/s1. The summed E-state index contributed by atoms with van der Waals surface area (Å²) in [5, 5.41) is 12.7. The molecule has 1 aromatic carbocycles. The molecule has 0 bridgehead atoms. The predicted molar refractivity (Wildman–Crippen MR) is 111 cm³/mol. The van der Waals surface area contributed by atoms with Gasteiger partial charge in [0.1, 0.15) is 17.8 Å². The molecule has 176 valence electrons. The fraction of sp³-hybridized carbons (Fsp3) is 0.381. The Morgan fingerprint density at radius 3 is 2.48 bits per heavy atom. The van der Waals surface area contributed by atoms with E-state index in [4.69, 9.17) is 0 Å². The van der Waals surface area contributed by atoms with Crippen molar-refractivity contribution >= 4 is 17.7 Å². The molecule has 1 aliphatic rings. The van der Waals surface area contributed by atoms with Gasteiger partial charge in [-0.1, -0.05) is 12.1 Å². The van der Waals surface area contributed by atoms with E-state index in [1.54, 1.807) is 0 Å². The lowest BCUT2D eigenvalue weighted by Gasteiger charge is -2.26. The number of alkyl halides is 1. The number of benzene rings is 1. The second-order valence-electron chi connectivity index (χ2n) is 7.85. The molecule has 10 nitrogen and oxygen atoms in total. The van der Waals surface area contributed by atoms with Gasteiger partial charge in [-0.3, -0.25) is 23.7 Å². The van der Waals surface area contributed by atoms with Gasteiger partial charge in [0.2, 0.25) is 5.75 Å². The van der Waals surface area contributed by atoms with E-state index in [1.807, 2.05) is 0 Å². The molecule has 2 heterocycles. The lowest BCUT2D eigenvalue weighted by molar-refractivity contribution is -0.151. The average molecular weight is 463 g/mol. The Hall–Kier alpha value is -3.83. The van der Waals surface area contributed by atoms with Crippen LogP contribution in [0.4, 0.5) is 8.78 Å². The van der Waals surface area contributed by atoms with E-state index in [1.165, 1.54) is 45.4 Å². The second kappa shape index (κ2) is 9.35. The molecule has 0 unspecified atom stereocenters. The normalized spacial score (nSPS) is 17.7. The summed E-state index contributed by atoms with van der Waals surface area (Å²) in [4.78, 5) is 56.0. The highest BCUT2D eigenvalue weighted by atomic mass is 19.1. The van der Waals surface area contributed by atoms with Gasteiger partial charge in [-0.25, -0.2) is 13.8 Å². The van der Waals surface area contributed by atoms with Crippen LogP contribution in [0.25, 0.3) is 0 Å². The zero-order chi connectivity index (χ0) is 24.4. The number of aromatic nitrogens is 2. The number of carbonyl (C=O) groups is 3. The fourth-order valence-electron chi connectivity index (χ4n) is 3.50. The zero-order valence-electron chi connectivity index (χ0n) is 18.2. The number of hydrogen-bond acceptors (Lipinski definition) is 6. The summed E-state index contributed by atoms with van der Waals surface area (Å²) >= 11 is 0. The van der Waals surface area contributed by atoms with E-state index in [-0.39, 0.29) is 25.3 Å². The van der Waals surface area contributed by atoms with Crippen molar-refractivity contribution in [2.24, 2.45) is 7.05 Å². The lowest BCUT2D eigenvalue weighted by atomic mass is 10.1. The Labute approximate surface area is 187 Å². The van der Waals surface area contributed by atoms with Crippen LogP contribution >= 0.6 is 0 Å². The molecular formula is C21H23F2N5O5. The van der Waals surface area contributed by atoms with Crippen molar-refractivity contribution < 1.29 is 28.3 Å². The highest BCUT2D eigenvalue weighted by Gasteiger charge is 2.42. The van der Waals surface area contributed by atoms with E-state index in [9.17, 15) is 33.1 Å². The number of nitrogens with zero attached hydrogens (tertiary/aromatic N) is 4. The third-order valence-corrected chi connectivity index (χ3v) is 5.28. The molecule has 2 N–H and O–H groups in total. The summed E-state index contributed by atoms with van der Waals surface area (Å²) in [6.45, 7) is -0.422. The minimum atomic E-state index is -1.48. The lowest BCUT2D eigenvalue weighted by Crippen LogP contribution is -2.43. The minimum absolute atomic E-state index is 0.0390. The van der Waals surface area contributed by atoms with Crippen LogP contribution in [-0.2, 0) is 23.2 Å². The highest BCUT2D eigenvalue weighted by Crippen LogP contribution is 2.33. The largest absolute Gasteiger partial charge is 0.501 e. The summed E-state index contributed by atoms with van der Waals surface area (Å²) in [5.74, 6) is -4.27. The average Bonchev–Trinajstić information content (AvgIpc) is 3.17. The maximum absolute atomic E-state index is 14.3. The number of hydrogen-bond donors (Lipinski definition) is 2. The molecule has 0 saturated carbocycles. The molecule has 3 amide bonds. The Morgan fingerprint density at radius 2 is 1.88 bits per heavy atom. The summed E-state index contributed by atoms with van der Waals surface area (Å²) in [6, 6.07) is 4.22. The second-order valence-corrected chi connectivity index (χ2v) is 7.85. The summed E-state index contributed by atoms with van der Waals surface area (Å²) in [6.07, 6.45) is -1.72. The van der Waals surface area contributed by atoms with Crippen molar-refractivity contribution in [2.45, 2.75) is 25.2 Å². The molecule has 0 aliphatic carbocycles. The monoisotopic (exact) mass is 463 g/mol. The number of halogens is 2. The van der Waals surface area contributed by atoms with Crippen LogP contribution in [-0.4, -0.2) is 69.0 Å². The first kappa shape index (κ1) is 23.8. The van der Waals surface area contributed by atoms with Crippen LogP contribution in [0.1, 0.15) is 34.3 Å². The van der Waals surface area contributed by atoms with Crippen LogP contribution in [0.2, 0.25) is 0 Å². The number of carbonyl (C=O) groups excluding carboxylic acids is 3. The molecule has 12 heteroatoms. The molecule has 2 aromatic rings. The van der Waals surface area contributed by atoms with Gasteiger partial charge in [0.05, 0.1) is 12.6 Å². The maximum Gasteiger partial charge on any atom is 0.312 e. The van der Waals surface area contributed by atoms with Gasteiger partial charge in [0.15, 0.2) is 5.69 Å². The number of amides is 3. The SMILES string of the molecule is CN(C)C(=O)C(=O)N1C[C@@H](F)C[C@H]1c1nc(C(=O)NCc2ccc(F)cc2)c(O)c(=O)n1C. The van der Waals surface area contributed by atoms with E-state index < -0.39 is 52.8 Å². The fourth-order valence-corrected chi connectivity index (χ4v) is 3.50. The number of likely N-dealkylation sites (tertiary alicyclic amines) is 1. The van der Waals surface area contributed by atoms with Gasteiger partial charge >= 0.3 is 11.8 Å². The first-order valence-corrected chi connectivity index (χ1v) is 10.00. The van der Waals surface area contributed by atoms with Gasteiger partial charge in [0, 0.05) is 34.1 Å². The topological polar surface area (TPSA) is 125 Å². The van der Waals surface area contributed by atoms with Gasteiger partial charge < -0.3 is 20.2 Å². The predicted octanol–water partition coefficient (Wildman–Crippen LogP) is 0.255. The van der Waals surface area contributed by atoms with Crippen LogP contribution < -0.4 is 10.9 Å². The quantitative estimate of drug-likeness (QED) is 0.627. The summed E-state index contributed by atoms with van der Waals surface area (Å²) in [5.41, 5.74) is -1.02. The van der Waals surface area contributed by atoms with Gasteiger partial charge in [-0.2, -0.15) is 0 Å². The Balaban J connectivity index is 1.93. The molecule has 1 aliphatic heterocycles. The molecule has 2 atom stereocenters. The van der Waals surface area contributed by atoms with Crippen molar-refractivity contribution in [1.82, 2.24) is 24.7 Å². The zero-order valence-corrected chi connectivity index (χ0v) is 18.2. The van der Waals surface area contributed by atoms with Crippen molar-refractivity contribution in [3.8, 4) is 5.75 Å². The van der Waals surface area contributed by atoms with Gasteiger partial charge in [-0.05, 0) is 17.7 Å². The van der Waals surface area contributed by atoms with Crippen LogP contribution in [0.5, 0.6) is 5.75 Å². The van der Waals surface area contributed by atoms with Crippen molar-refractivity contribution in [3.05, 3.63) is 57.5 Å². The highest BCUT2D eigenvalue weighted by molar-refractivity contribution is 6.34. The number of rotatable bonds is 4. The molecule has 33 heavy (non-hydrogen) atoms. The van der Waals surface area contributed by atoms with E-state index >= 15 is 0 Å². The van der Waals surface area contributed by atoms with Crippen LogP contribution in [0.3, 0.4) is 0 Å². The Kier molecular flexibility index (Phi) is 6.75. The van der Waals surface area contributed by atoms with E-state index in [0.29, 0.717) is 5.56 Å². The minimum Gasteiger partial charge on any atom is -0.501 e. The Bertz CT molecular complexity index is 1150. The Morgan fingerprint density at radius 1 is 1.24 bits per heavy atom. The summed E-state index contributed by atoms with van der Waals surface area (Å²) < 4.78 is 28.2. The number of nitrogens with one attached hydrogen (secondary N) is 1. The van der Waals surface area contributed by atoms with Gasteiger partial charge in [-0.15, -0.1) is 0 Å². The first-order valence-electron chi connectivity index (χ1n) is 10.00. The molecular weight excluding hydrogens is 440 g/mol. The maximum atomic E-state index is 14.3. The van der Waals surface area contributed by atoms with Crippen LogP contribution in [0.15, 0.2) is 29.1 Å². The van der Waals surface area contributed by atoms with Gasteiger partial charge in [0.25, 0.3) is 11.5 Å².